The highest BCUT2D eigenvalue weighted by Gasteiger charge is 2.08. The SMILES string of the molecule is CC(C)CCC(C)Nc1ccccc1C(C)C. The van der Waals surface area contributed by atoms with E-state index < -0.39 is 0 Å². The minimum atomic E-state index is 0.553. The molecule has 0 spiro atoms. The molecule has 0 aliphatic carbocycles. The van der Waals surface area contributed by atoms with Gasteiger partial charge in [-0.05, 0) is 43.2 Å². The Balaban J connectivity index is 2.61. The Morgan fingerprint density at radius 1 is 0.941 bits per heavy atom. The normalized spacial score (nSPS) is 13.1. The van der Waals surface area contributed by atoms with E-state index in [1.807, 2.05) is 0 Å². The Bertz CT molecular complexity index is 328. The van der Waals surface area contributed by atoms with E-state index in [2.05, 4.69) is 64.2 Å². The van der Waals surface area contributed by atoms with Crippen LogP contribution in [-0.4, -0.2) is 6.04 Å². The zero-order valence-corrected chi connectivity index (χ0v) is 12.0. The van der Waals surface area contributed by atoms with Crippen molar-refractivity contribution in [3.8, 4) is 0 Å². The number of para-hydroxylation sites is 1. The van der Waals surface area contributed by atoms with Crippen LogP contribution in [0.15, 0.2) is 24.3 Å². The third kappa shape index (κ3) is 4.80. The Morgan fingerprint density at radius 3 is 2.18 bits per heavy atom. The molecule has 1 nitrogen and oxygen atoms in total. The van der Waals surface area contributed by atoms with Gasteiger partial charge >= 0.3 is 0 Å². The lowest BCUT2D eigenvalue weighted by atomic mass is 9.99. The molecule has 0 bridgehead atoms. The lowest BCUT2D eigenvalue weighted by Gasteiger charge is -2.20. The number of hydrogen-bond acceptors (Lipinski definition) is 1. The Kier molecular flexibility index (Phi) is 5.54. The fourth-order valence-corrected chi connectivity index (χ4v) is 2.05. The zero-order chi connectivity index (χ0) is 12.8. The molecule has 96 valence electrons. The van der Waals surface area contributed by atoms with Crippen molar-refractivity contribution in [2.24, 2.45) is 5.92 Å². The first kappa shape index (κ1) is 14.1. The summed E-state index contributed by atoms with van der Waals surface area (Å²) in [5.74, 6) is 1.37. The first-order valence-electron chi connectivity index (χ1n) is 6.86. The molecule has 0 radical (unpaired) electrons. The van der Waals surface area contributed by atoms with Crippen molar-refractivity contribution < 1.29 is 0 Å². The number of rotatable bonds is 6. The van der Waals surface area contributed by atoms with Gasteiger partial charge in [-0.15, -0.1) is 0 Å². The third-order valence-electron chi connectivity index (χ3n) is 3.16. The highest BCUT2D eigenvalue weighted by molar-refractivity contribution is 5.53. The smallest absolute Gasteiger partial charge is 0.0377 e. The molecule has 1 heteroatoms. The van der Waals surface area contributed by atoms with Gasteiger partial charge in [-0.3, -0.25) is 0 Å². The van der Waals surface area contributed by atoms with Gasteiger partial charge < -0.3 is 5.32 Å². The predicted octanol–water partition coefficient (Wildman–Crippen LogP) is 5.05. The first-order chi connectivity index (χ1) is 8.00. The molecule has 1 rings (SSSR count). The summed E-state index contributed by atoms with van der Waals surface area (Å²) in [5, 5.41) is 3.65. The summed E-state index contributed by atoms with van der Waals surface area (Å²) in [6.45, 7) is 11.3. The van der Waals surface area contributed by atoms with Crippen molar-refractivity contribution in [1.29, 1.82) is 0 Å². The van der Waals surface area contributed by atoms with Crippen molar-refractivity contribution >= 4 is 5.69 Å². The minimum absolute atomic E-state index is 0.553. The maximum absolute atomic E-state index is 3.65. The summed E-state index contributed by atoms with van der Waals surface area (Å²) in [5.41, 5.74) is 2.72. The van der Waals surface area contributed by atoms with Crippen LogP contribution >= 0.6 is 0 Å². The lowest BCUT2D eigenvalue weighted by molar-refractivity contribution is 0.527. The Morgan fingerprint density at radius 2 is 1.59 bits per heavy atom. The lowest BCUT2D eigenvalue weighted by Crippen LogP contribution is -2.17. The number of benzene rings is 1. The standard InChI is InChI=1S/C16H27N/c1-12(2)10-11-14(5)17-16-9-7-6-8-15(16)13(3)4/h6-9,12-14,17H,10-11H2,1-5H3. The Labute approximate surface area is 107 Å². The third-order valence-corrected chi connectivity index (χ3v) is 3.16. The van der Waals surface area contributed by atoms with Crippen LogP contribution in [0.1, 0.15) is 58.9 Å². The summed E-state index contributed by atoms with van der Waals surface area (Å²) in [7, 11) is 0. The van der Waals surface area contributed by atoms with E-state index in [4.69, 9.17) is 0 Å². The van der Waals surface area contributed by atoms with Crippen molar-refractivity contribution in [3.05, 3.63) is 29.8 Å². The summed E-state index contributed by atoms with van der Waals surface area (Å²) < 4.78 is 0. The van der Waals surface area contributed by atoms with Crippen LogP contribution in [0.3, 0.4) is 0 Å². The largest absolute Gasteiger partial charge is 0.382 e. The van der Waals surface area contributed by atoms with Crippen molar-refractivity contribution in [2.45, 2.75) is 59.4 Å². The number of anilines is 1. The van der Waals surface area contributed by atoms with Gasteiger partial charge in [0.2, 0.25) is 0 Å². The van der Waals surface area contributed by atoms with Gasteiger partial charge in [-0.2, -0.15) is 0 Å². The number of hydrogen-bond donors (Lipinski definition) is 1. The van der Waals surface area contributed by atoms with E-state index in [0.29, 0.717) is 12.0 Å². The summed E-state index contributed by atoms with van der Waals surface area (Å²) in [4.78, 5) is 0. The molecule has 0 saturated carbocycles. The molecular weight excluding hydrogens is 206 g/mol. The fourth-order valence-electron chi connectivity index (χ4n) is 2.05. The maximum atomic E-state index is 3.65. The molecule has 1 atom stereocenters. The fraction of sp³-hybridized carbons (Fsp3) is 0.625. The van der Waals surface area contributed by atoms with E-state index in [1.165, 1.54) is 24.1 Å². The molecule has 0 amide bonds. The summed E-state index contributed by atoms with van der Waals surface area (Å²) in [6, 6.07) is 9.21. The van der Waals surface area contributed by atoms with Crippen LogP contribution in [0.2, 0.25) is 0 Å². The van der Waals surface area contributed by atoms with Crippen molar-refractivity contribution in [1.82, 2.24) is 0 Å². The second kappa shape index (κ2) is 6.68. The summed E-state index contributed by atoms with van der Waals surface area (Å²) in [6.07, 6.45) is 2.53. The first-order valence-corrected chi connectivity index (χ1v) is 6.86. The van der Waals surface area contributed by atoms with Crippen LogP contribution in [0, 0.1) is 5.92 Å². The average Bonchev–Trinajstić information content (AvgIpc) is 2.27. The van der Waals surface area contributed by atoms with Crippen LogP contribution in [0.5, 0.6) is 0 Å². The monoisotopic (exact) mass is 233 g/mol. The molecule has 0 aliphatic heterocycles. The van der Waals surface area contributed by atoms with Gasteiger partial charge in [0.1, 0.15) is 0 Å². The van der Waals surface area contributed by atoms with Gasteiger partial charge in [0, 0.05) is 11.7 Å². The molecule has 0 fully saturated rings. The van der Waals surface area contributed by atoms with Gasteiger partial charge in [-0.1, -0.05) is 45.9 Å². The van der Waals surface area contributed by atoms with E-state index in [0.717, 1.165) is 5.92 Å². The van der Waals surface area contributed by atoms with Gasteiger partial charge in [0.15, 0.2) is 0 Å². The van der Waals surface area contributed by atoms with Gasteiger partial charge in [-0.25, -0.2) is 0 Å². The van der Waals surface area contributed by atoms with E-state index >= 15 is 0 Å². The molecule has 0 aliphatic rings. The second-order valence-electron chi connectivity index (χ2n) is 5.76. The maximum Gasteiger partial charge on any atom is 0.0377 e. The van der Waals surface area contributed by atoms with Crippen LogP contribution in [0.4, 0.5) is 5.69 Å². The Hall–Kier alpha value is -0.980. The van der Waals surface area contributed by atoms with Crippen LogP contribution in [0.25, 0.3) is 0 Å². The van der Waals surface area contributed by atoms with E-state index in [9.17, 15) is 0 Å². The molecular formula is C16H27N. The molecule has 1 aromatic carbocycles. The molecule has 0 saturated heterocycles. The van der Waals surface area contributed by atoms with Crippen molar-refractivity contribution in [2.75, 3.05) is 5.32 Å². The highest BCUT2D eigenvalue weighted by Crippen LogP contribution is 2.25. The topological polar surface area (TPSA) is 12.0 Å². The molecule has 0 aromatic heterocycles. The van der Waals surface area contributed by atoms with Crippen LogP contribution < -0.4 is 5.32 Å². The van der Waals surface area contributed by atoms with Crippen LogP contribution in [-0.2, 0) is 0 Å². The molecule has 17 heavy (non-hydrogen) atoms. The van der Waals surface area contributed by atoms with Gasteiger partial charge in [0.25, 0.3) is 0 Å². The van der Waals surface area contributed by atoms with Gasteiger partial charge in [0.05, 0.1) is 0 Å². The molecule has 1 N–H and O–H groups in total. The second-order valence-corrected chi connectivity index (χ2v) is 5.76. The number of nitrogens with one attached hydrogen (secondary N) is 1. The average molecular weight is 233 g/mol. The quantitative estimate of drug-likeness (QED) is 0.725. The molecule has 1 aromatic rings. The van der Waals surface area contributed by atoms with E-state index in [-0.39, 0.29) is 0 Å². The predicted molar refractivity (Wildman–Crippen MR) is 77.7 cm³/mol. The molecule has 1 unspecified atom stereocenters. The van der Waals surface area contributed by atoms with E-state index in [1.54, 1.807) is 0 Å². The highest BCUT2D eigenvalue weighted by atomic mass is 14.9. The zero-order valence-electron chi connectivity index (χ0n) is 12.0. The summed E-state index contributed by atoms with van der Waals surface area (Å²) >= 11 is 0. The molecule has 0 heterocycles. The van der Waals surface area contributed by atoms with Crippen molar-refractivity contribution in [3.63, 3.8) is 0 Å². The minimum Gasteiger partial charge on any atom is -0.382 e.